The molecule has 0 saturated heterocycles. The van der Waals surface area contributed by atoms with E-state index >= 15 is 0 Å². The summed E-state index contributed by atoms with van der Waals surface area (Å²) < 4.78 is 15.2. The van der Waals surface area contributed by atoms with Crippen LogP contribution in [0, 0.1) is 5.82 Å². The molecule has 0 unspecified atom stereocenters. The highest BCUT2D eigenvalue weighted by molar-refractivity contribution is 5.98. The summed E-state index contributed by atoms with van der Waals surface area (Å²) in [6.45, 7) is 0. The van der Waals surface area contributed by atoms with Crippen LogP contribution < -0.4 is 11.1 Å². The van der Waals surface area contributed by atoms with Crippen LogP contribution in [0.25, 0.3) is 22.3 Å². The van der Waals surface area contributed by atoms with E-state index in [0.717, 1.165) is 12.8 Å². The van der Waals surface area contributed by atoms with Gasteiger partial charge in [-0.05, 0) is 25.0 Å². The quantitative estimate of drug-likeness (QED) is 0.773. The number of nitrogen functional groups attached to an aromatic ring is 1. The minimum Gasteiger partial charge on any atom is -0.383 e. The Kier molecular flexibility index (Phi) is 3.55. The first-order chi connectivity index (χ1) is 11.6. The number of halogens is 1. The molecule has 1 aliphatic rings. The molecule has 0 amide bonds. The van der Waals surface area contributed by atoms with Gasteiger partial charge >= 0.3 is 0 Å². The Hall–Kier alpha value is -2.70. The zero-order valence-corrected chi connectivity index (χ0v) is 13.5. The Labute approximate surface area is 138 Å². The molecular weight excluding hydrogens is 307 g/mol. The maximum Gasteiger partial charge on any atom is 0.225 e. The van der Waals surface area contributed by atoms with Gasteiger partial charge in [0.15, 0.2) is 5.65 Å². The Balaban J connectivity index is 1.88. The van der Waals surface area contributed by atoms with Crippen molar-refractivity contribution in [1.29, 1.82) is 0 Å². The van der Waals surface area contributed by atoms with Crippen LogP contribution in [-0.2, 0) is 7.05 Å². The standard InChI is InChI=1S/C17H19FN6/c1-24-15(19)13-14(10-5-4-6-11(18)9-10)21-17(22-16(13)23-24)20-12-7-2-3-8-12/h4-6,9,12H,2-3,7-8,19H2,1H3,(H,20,22,23). The van der Waals surface area contributed by atoms with Crippen molar-refractivity contribution in [1.82, 2.24) is 19.7 Å². The monoisotopic (exact) mass is 326 g/mol. The predicted molar refractivity (Wildman–Crippen MR) is 92.0 cm³/mol. The van der Waals surface area contributed by atoms with E-state index in [1.54, 1.807) is 17.8 Å². The lowest BCUT2D eigenvalue weighted by Crippen LogP contribution is -2.17. The van der Waals surface area contributed by atoms with Gasteiger partial charge in [0.25, 0.3) is 0 Å². The summed E-state index contributed by atoms with van der Waals surface area (Å²) in [6, 6.07) is 6.72. The molecule has 4 rings (SSSR count). The van der Waals surface area contributed by atoms with Crippen LogP contribution in [0.5, 0.6) is 0 Å². The Bertz CT molecular complexity index is 897. The summed E-state index contributed by atoms with van der Waals surface area (Å²) >= 11 is 0. The predicted octanol–water partition coefficient (Wildman–Crippen LogP) is 3.11. The minimum absolute atomic E-state index is 0.313. The lowest BCUT2D eigenvalue weighted by Gasteiger charge is -2.13. The minimum atomic E-state index is -0.313. The van der Waals surface area contributed by atoms with E-state index in [2.05, 4.69) is 20.4 Å². The van der Waals surface area contributed by atoms with Crippen LogP contribution >= 0.6 is 0 Å². The third-order valence-electron chi connectivity index (χ3n) is 4.53. The molecule has 24 heavy (non-hydrogen) atoms. The van der Waals surface area contributed by atoms with Gasteiger partial charge in [0.2, 0.25) is 5.95 Å². The van der Waals surface area contributed by atoms with E-state index in [-0.39, 0.29) is 5.82 Å². The Morgan fingerprint density at radius 1 is 1.25 bits per heavy atom. The van der Waals surface area contributed by atoms with E-state index < -0.39 is 0 Å². The van der Waals surface area contributed by atoms with Crippen molar-refractivity contribution in [2.75, 3.05) is 11.1 Å². The number of aromatic nitrogens is 4. The van der Waals surface area contributed by atoms with Crippen molar-refractivity contribution >= 4 is 22.8 Å². The lowest BCUT2D eigenvalue weighted by atomic mass is 10.1. The van der Waals surface area contributed by atoms with E-state index in [1.165, 1.54) is 25.0 Å². The normalized spacial score (nSPS) is 15.2. The van der Waals surface area contributed by atoms with Crippen LogP contribution in [0.4, 0.5) is 16.2 Å². The van der Waals surface area contributed by atoms with E-state index in [0.29, 0.717) is 40.1 Å². The molecule has 1 aliphatic carbocycles. The van der Waals surface area contributed by atoms with Gasteiger partial charge in [-0.15, -0.1) is 0 Å². The van der Waals surface area contributed by atoms with E-state index in [9.17, 15) is 4.39 Å². The van der Waals surface area contributed by atoms with Crippen molar-refractivity contribution in [3.63, 3.8) is 0 Å². The molecule has 1 aromatic carbocycles. The lowest BCUT2D eigenvalue weighted by molar-refractivity contribution is 0.628. The Morgan fingerprint density at radius 3 is 2.79 bits per heavy atom. The second-order valence-corrected chi connectivity index (χ2v) is 6.24. The van der Waals surface area contributed by atoms with Gasteiger partial charge in [-0.3, -0.25) is 4.68 Å². The molecule has 7 heteroatoms. The van der Waals surface area contributed by atoms with Gasteiger partial charge in [-0.25, -0.2) is 9.37 Å². The molecule has 2 aromatic heterocycles. The molecule has 0 spiro atoms. The molecule has 0 radical (unpaired) electrons. The molecule has 0 bridgehead atoms. The number of nitrogens with two attached hydrogens (primary N) is 1. The van der Waals surface area contributed by atoms with Gasteiger partial charge in [0.05, 0.1) is 11.1 Å². The van der Waals surface area contributed by atoms with Crippen molar-refractivity contribution in [2.45, 2.75) is 31.7 Å². The molecule has 3 aromatic rings. The smallest absolute Gasteiger partial charge is 0.225 e. The molecular formula is C17H19FN6. The molecule has 1 fully saturated rings. The van der Waals surface area contributed by atoms with Crippen molar-refractivity contribution in [3.8, 4) is 11.3 Å². The van der Waals surface area contributed by atoms with E-state index in [4.69, 9.17) is 5.73 Å². The summed E-state index contributed by atoms with van der Waals surface area (Å²) in [5.74, 6) is 0.676. The number of nitrogens with zero attached hydrogens (tertiary/aromatic N) is 4. The van der Waals surface area contributed by atoms with E-state index in [1.807, 2.05) is 6.07 Å². The van der Waals surface area contributed by atoms with Crippen LogP contribution in [0.1, 0.15) is 25.7 Å². The molecule has 2 heterocycles. The highest BCUT2D eigenvalue weighted by atomic mass is 19.1. The number of hydrogen-bond donors (Lipinski definition) is 2. The summed E-state index contributed by atoms with van der Waals surface area (Å²) in [5.41, 5.74) is 7.92. The number of rotatable bonds is 3. The fourth-order valence-electron chi connectivity index (χ4n) is 3.28. The summed E-state index contributed by atoms with van der Waals surface area (Å²) in [4.78, 5) is 9.13. The molecule has 0 aliphatic heterocycles. The first kappa shape index (κ1) is 14.9. The third-order valence-corrected chi connectivity index (χ3v) is 4.53. The largest absolute Gasteiger partial charge is 0.383 e. The zero-order chi connectivity index (χ0) is 16.7. The zero-order valence-electron chi connectivity index (χ0n) is 13.5. The number of fused-ring (bicyclic) bond motifs is 1. The van der Waals surface area contributed by atoms with Gasteiger partial charge in [0, 0.05) is 18.7 Å². The maximum atomic E-state index is 13.7. The molecule has 0 atom stereocenters. The molecule has 1 saturated carbocycles. The Morgan fingerprint density at radius 2 is 2.04 bits per heavy atom. The fourth-order valence-corrected chi connectivity index (χ4v) is 3.28. The van der Waals surface area contributed by atoms with Crippen LogP contribution in [0.2, 0.25) is 0 Å². The number of nitrogens with one attached hydrogen (secondary N) is 1. The summed E-state index contributed by atoms with van der Waals surface area (Å²) in [7, 11) is 1.76. The van der Waals surface area contributed by atoms with Crippen LogP contribution in [0.3, 0.4) is 0 Å². The van der Waals surface area contributed by atoms with Gasteiger partial charge in [-0.1, -0.05) is 25.0 Å². The maximum absolute atomic E-state index is 13.7. The fraction of sp³-hybridized carbons (Fsp3) is 0.353. The number of benzene rings is 1. The molecule has 3 N–H and O–H groups in total. The SMILES string of the molecule is Cn1nc2nc(NC3CCCC3)nc(-c3cccc(F)c3)c2c1N. The van der Waals surface area contributed by atoms with Crippen LogP contribution in [-0.4, -0.2) is 25.8 Å². The van der Waals surface area contributed by atoms with Crippen molar-refractivity contribution < 1.29 is 4.39 Å². The average Bonchev–Trinajstić information content (AvgIpc) is 3.16. The average molecular weight is 326 g/mol. The molecule has 124 valence electrons. The number of anilines is 2. The van der Waals surface area contributed by atoms with Gasteiger partial charge in [0.1, 0.15) is 11.6 Å². The summed E-state index contributed by atoms with van der Waals surface area (Å²) in [6.07, 6.45) is 4.66. The third kappa shape index (κ3) is 2.55. The molecule has 6 nitrogen and oxygen atoms in total. The summed E-state index contributed by atoms with van der Waals surface area (Å²) in [5, 5.41) is 8.40. The first-order valence-electron chi connectivity index (χ1n) is 8.14. The van der Waals surface area contributed by atoms with Gasteiger partial charge in [-0.2, -0.15) is 10.1 Å². The second-order valence-electron chi connectivity index (χ2n) is 6.24. The van der Waals surface area contributed by atoms with Crippen molar-refractivity contribution in [3.05, 3.63) is 30.1 Å². The van der Waals surface area contributed by atoms with Crippen molar-refractivity contribution in [2.24, 2.45) is 7.05 Å². The second kappa shape index (κ2) is 5.74. The highest BCUT2D eigenvalue weighted by Gasteiger charge is 2.20. The highest BCUT2D eigenvalue weighted by Crippen LogP contribution is 2.32. The van der Waals surface area contributed by atoms with Crippen LogP contribution in [0.15, 0.2) is 24.3 Å². The topological polar surface area (TPSA) is 81.7 Å². The van der Waals surface area contributed by atoms with Gasteiger partial charge < -0.3 is 11.1 Å². The number of aryl methyl sites for hydroxylation is 1. The first-order valence-corrected chi connectivity index (χ1v) is 8.14. The number of hydrogen-bond acceptors (Lipinski definition) is 5.